The van der Waals surface area contributed by atoms with Gasteiger partial charge in [0.15, 0.2) is 0 Å². The van der Waals surface area contributed by atoms with Crippen LogP contribution in [-0.4, -0.2) is 75.9 Å². The second-order valence-corrected chi connectivity index (χ2v) is 16.9. The molecule has 6 fully saturated rings. The maximum atomic E-state index is 12.9. The zero-order chi connectivity index (χ0) is 31.2. The standard InChI is InChI=1S/C35H57NO7/c1-7-42-28(32(4,5)41)10-8-9-23-25(37)17-24-22-11-12-26-31(2,3)27(43-30(40)36-18-21(19-36)29(38)39)13-14-35(26)20-34(22,35)16-15-33(23,24)6/h21-28,37,41H,7-20H2,1-6H3,(H,38,39). The predicted octanol–water partition coefficient (Wildman–Crippen LogP) is 5.87. The molecule has 3 N–H and O–H groups in total. The van der Waals surface area contributed by atoms with E-state index < -0.39 is 17.5 Å². The Morgan fingerprint density at radius 1 is 1.02 bits per heavy atom. The fourth-order valence-electron chi connectivity index (χ4n) is 12.1. The average molecular weight is 604 g/mol. The van der Waals surface area contributed by atoms with Gasteiger partial charge in [-0.05, 0) is 125 Å². The number of fused-ring (bicyclic) bond motifs is 2. The minimum Gasteiger partial charge on any atom is -0.481 e. The van der Waals surface area contributed by atoms with Gasteiger partial charge in [0.05, 0.1) is 23.7 Å². The van der Waals surface area contributed by atoms with Crippen molar-refractivity contribution < 1.29 is 34.4 Å². The normalized spacial score (nSPS) is 43.9. The Morgan fingerprint density at radius 2 is 1.74 bits per heavy atom. The van der Waals surface area contributed by atoms with Crippen molar-refractivity contribution in [2.45, 2.75) is 136 Å². The summed E-state index contributed by atoms with van der Waals surface area (Å²) in [6, 6.07) is 0. The fourth-order valence-corrected chi connectivity index (χ4v) is 12.1. The van der Waals surface area contributed by atoms with Crippen LogP contribution in [0.25, 0.3) is 0 Å². The summed E-state index contributed by atoms with van der Waals surface area (Å²) in [5.41, 5.74) is -0.121. The van der Waals surface area contributed by atoms with Crippen LogP contribution in [0.4, 0.5) is 4.79 Å². The first-order valence-corrected chi connectivity index (χ1v) is 17.3. The van der Waals surface area contributed by atoms with E-state index in [0.29, 0.717) is 41.1 Å². The van der Waals surface area contributed by atoms with Gasteiger partial charge in [0.25, 0.3) is 0 Å². The molecule has 5 saturated carbocycles. The lowest BCUT2D eigenvalue weighted by Gasteiger charge is -2.59. The van der Waals surface area contributed by atoms with Crippen LogP contribution in [0.1, 0.15) is 112 Å². The summed E-state index contributed by atoms with van der Waals surface area (Å²) in [7, 11) is 0. The van der Waals surface area contributed by atoms with Crippen LogP contribution in [0.2, 0.25) is 0 Å². The highest BCUT2D eigenvalue weighted by Crippen LogP contribution is 2.87. The Balaban J connectivity index is 1.11. The summed E-state index contributed by atoms with van der Waals surface area (Å²) >= 11 is 0. The van der Waals surface area contributed by atoms with Crippen molar-refractivity contribution in [3.05, 3.63) is 0 Å². The van der Waals surface area contributed by atoms with E-state index in [2.05, 4.69) is 20.8 Å². The number of ether oxygens (including phenoxy) is 2. The highest BCUT2D eigenvalue weighted by molar-refractivity contribution is 5.76. The number of amides is 1. The van der Waals surface area contributed by atoms with Gasteiger partial charge in [-0.15, -0.1) is 0 Å². The fraction of sp³-hybridized carbons (Fsp3) is 0.943. The van der Waals surface area contributed by atoms with Gasteiger partial charge in [0.1, 0.15) is 6.10 Å². The maximum absolute atomic E-state index is 12.9. The van der Waals surface area contributed by atoms with E-state index >= 15 is 0 Å². The zero-order valence-electron chi connectivity index (χ0n) is 27.4. The summed E-state index contributed by atoms with van der Waals surface area (Å²) in [5, 5.41) is 31.3. The molecule has 8 heteroatoms. The van der Waals surface area contributed by atoms with E-state index in [-0.39, 0.29) is 48.3 Å². The molecule has 0 radical (unpaired) electrons. The molecule has 1 amide bonds. The molecule has 1 heterocycles. The monoisotopic (exact) mass is 603 g/mol. The molecule has 0 aromatic carbocycles. The predicted molar refractivity (Wildman–Crippen MR) is 162 cm³/mol. The number of likely N-dealkylation sites (tertiary alicyclic amines) is 1. The third kappa shape index (κ3) is 4.78. The number of carboxylic acid groups (broad SMARTS) is 1. The van der Waals surface area contributed by atoms with Crippen molar-refractivity contribution in [2.24, 2.45) is 51.2 Å². The Kier molecular flexibility index (Phi) is 7.78. The molecular formula is C35H57NO7. The van der Waals surface area contributed by atoms with Crippen molar-refractivity contribution in [1.82, 2.24) is 4.90 Å². The first-order chi connectivity index (χ1) is 20.1. The van der Waals surface area contributed by atoms with Crippen LogP contribution >= 0.6 is 0 Å². The highest BCUT2D eigenvalue weighted by Gasteiger charge is 2.80. The number of aliphatic hydroxyl groups is 2. The van der Waals surface area contributed by atoms with Crippen LogP contribution in [0.5, 0.6) is 0 Å². The lowest BCUT2D eigenvalue weighted by Crippen LogP contribution is -2.57. The molecule has 6 rings (SSSR count). The maximum Gasteiger partial charge on any atom is 0.410 e. The molecule has 1 aliphatic heterocycles. The minimum atomic E-state index is -0.865. The zero-order valence-corrected chi connectivity index (χ0v) is 27.4. The number of carboxylic acids is 1. The highest BCUT2D eigenvalue weighted by atomic mass is 16.6. The first-order valence-electron chi connectivity index (χ1n) is 17.3. The molecule has 0 aromatic heterocycles. The number of rotatable bonds is 9. The van der Waals surface area contributed by atoms with Crippen molar-refractivity contribution in [2.75, 3.05) is 19.7 Å². The molecule has 0 bridgehead atoms. The summed E-state index contributed by atoms with van der Waals surface area (Å²) < 4.78 is 12.0. The van der Waals surface area contributed by atoms with Crippen LogP contribution < -0.4 is 0 Å². The smallest absolute Gasteiger partial charge is 0.410 e. The van der Waals surface area contributed by atoms with E-state index in [1.165, 1.54) is 25.7 Å². The second kappa shape index (κ2) is 10.6. The number of carbonyl (C=O) groups is 2. The van der Waals surface area contributed by atoms with E-state index in [1.807, 2.05) is 20.8 Å². The summed E-state index contributed by atoms with van der Waals surface area (Å²) in [5.74, 6) is 0.743. The quantitative estimate of drug-likeness (QED) is 0.302. The van der Waals surface area contributed by atoms with E-state index in [0.717, 1.165) is 44.9 Å². The van der Waals surface area contributed by atoms with Crippen molar-refractivity contribution >= 4 is 12.1 Å². The molecule has 10 unspecified atom stereocenters. The third-order valence-electron chi connectivity index (χ3n) is 14.3. The topological polar surface area (TPSA) is 117 Å². The molecule has 244 valence electrons. The van der Waals surface area contributed by atoms with E-state index in [4.69, 9.17) is 9.47 Å². The number of nitrogens with zero attached hydrogens (tertiary/aromatic N) is 1. The lowest BCUT2D eigenvalue weighted by atomic mass is 9.46. The minimum absolute atomic E-state index is 0.116. The van der Waals surface area contributed by atoms with Crippen molar-refractivity contribution in [3.63, 3.8) is 0 Å². The Labute approximate surface area is 258 Å². The lowest BCUT2D eigenvalue weighted by molar-refractivity contribution is -0.149. The number of hydrogen-bond acceptors (Lipinski definition) is 6. The second-order valence-electron chi connectivity index (χ2n) is 16.9. The van der Waals surface area contributed by atoms with Gasteiger partial charge in [-0.1, -0.05) is 27.2 Å². The molecule has 43 heavy (non-hydrogen) atoms. The van der Waals surface area contributed by atoms with Gasteiger partial charge in [-0.2, -0.15) is 0 Å². The molecule has 2 spiro atoms. The van der Waals surface area contributed by atoms with Crippen LogP contribution in [0.3, 0.4) is 0 Å². The number of carbonyl (C=O) groups excluding carboxylic acids is 1. The van der Waals surface area contributed by atoms with Gasteiger partial charge >= 0.3 is 12.1 Å². The van der Waals surface area contributed by atoms with E-state index in [9.17, 15) is 24.9 Å². The van der Waals surface area contributed by atoms with Gasteiger partial charge in [-0.3, -0.25) is 4.79 Å². The number of hydrogen-bond donors (Lipinski definition) is 3. The van der Waals surface area contributed by atoms with Crippen molar-refractivity contribution in [3.8, 4) is 0 Å². The van der Waals surface area contributed by atoms with Crippen LogP contribution in [0.15, 0.2) is 0 Å². The molecule has 0 aromatic rings. The SMILES string of the molecule is CCOC(CCCC1C(O)CC2C3CCC4C(C)(C)C(OC(=O)N5CC(C(=O)O)C5)CCC45CC35CCC12C)C(C)(C)O. The molecule has 6 aliphatic rings. The Morgan fingerprint density at radius 3 is 2.40 bits per heavy atom. The van der Waals surface area contributed by atoms with Gasteiger partial charge < -0.3 is 29.7 Å². The van der Waals surface area contributed by atoms with Gasteiger partial charge in [0, 0.05) is 25.1 Å². The molecule has 8 nitrogen and oxygen atoms in total. The van der Waals surface area contributed by atoms with E-state index in [1.54, 1.807) is 4.90 Å². The number of aliphatic carboxylic acids is 1. The van der Waals surface area contributed by atoms with Crippen molar-refractivity contribution in [1.29, 1.82) is 0 Å². The summed E-state index contributed by atoms with van der Waals surface area (Å²) in [4.78, 5) is 25.7. The summed E-state index contributed by atoms with van der Waals surface area (Å²) in [6.45, 7) is 13.8. The van der Waals surface area contributed by atoms with Gasteiger partial charge in [-0.25, -0.2) is 4.79 Å². The number of aliphatic hydroxyl groups excluding tert-OH is 1. The Bertz CT molecular complexity index is 1100. The molecule has 1 saturated heterocycles. The molecular weight excluding hydrogens is 546 g/mol. The van der Waals surface area contributed by atoms with Gasteiger partial charge in [0.2, 0.25) is 0 Å². The average Bonchev–Trinajstić information content (AvgIpc) is 3.48. The van der Waals surface area contributed by atoms with Crippen LogP contribution in [-0.2, 0) is 14.3 Å². The van der Waals surface area contributed by atoms with Crippen LogP contribution in [0, 0.1) is 51.2 Å². The summed E-state index contributed by atoms with van der Waals surface area (Å²) in [6.07, 6.45) is 10.9. The largest absolute Gasteiger partial charge is 0.481 e. The molecule has 5 aliphatic carbocycles. The third-order valence-corrected chi connectivity index (χ3v) is 14.3. The molecule has 10 atom stereocenters. The first kappa shape index (κ1) is 31.6. The Hall–Kier alpha value is -1.38.